The highest BCUT2D eigenvalue weighted by Crippen LogP contribution is 2.23. The van der Waals surface area contributed by atoms with E-state index in [0.29, 0.717) is 0 Å². The lowest BCUT2D eigenvalue weighted by Crippen LogP contribution is -2.27. The predicted octanol–water partition coefficient (Wildman–Crippen LogP) is 4.13. The zero-order valence-corrected chi connectivity index (χ0v) is 15.8. The van der Waals surface area contributed by atoms with Gasteiger partial charge >= 0.3 is 0 Å². The third-order valence-corrected chi connectivity index (χ3v) is 4.62. The number of benzene rings is 2. The summed E-state index contributed by atoms with van der Waals surface area (Å²) < 4.78 is 20.6. The van der Waals surface area contributed by atoms with Gasteiger partial charge in [-0.15, -0.1) is 0 Å². The number of nitrogens with one attached hydrogen (secondary N) is 1. The second-order valence-corrected chi connectivity index (χ2v) is 6.43. The minimum absolute atomic E-state index is 0.106. The molecule has 1 N–H and O–H groups in total. The summed E-state index contributed by atoms with van der Waals surface area (Å²) >= 11 is 0. The van der Waals surface area contributed by atoms with Crippen molar-refractivity contribution in [1.29, 1.82) is 0 Å². The summed E-state index contributed by atoms with van der Waals surface area (Å²) in [7, 11) is 1.38. The molecule has 0 saturated heterocycles. The molecule has 27 heavy (non-hydrogen) atoms. The Balaban J connectivity index is 1.81. The van der Waals surface area contributed by atoms with Crippen LogP contribution < -0.4 is 10.1 Å². The van der Waals surface area contributed by atoms with Gasteiger partial charge < -0.3 is 10.1 Å². The molecule has 1 atom stereocenters. The number of ether oxygens (including phenoxy) is 1. The van der Waals surface area contributed by atoms with E-state index in [-0.39, 0.29) is 23.3 Å². The Morgan fingerprint density at radius 1 is 1.22 bits per heavy atom. The largest absolute Gasteiger partial charge is 0.494 e. The smallest absolute Gasteiger partial charge is 0.251 e. The standard InChI is InChI=1S/C21H22FN3O2/c1-13-7-5-6-8-19(13)25-15(3)17(12-23-25)14(2)24-21(26)16-9-10-20(27-4)18(22)11-16/h5-12,14H,1-4H3,(H,24,26)/t14-/m0/s1. The van der Waals surface area contributed by atoms with Gasteiger partial charge in [0, 0.05) is 16.8 Å². The van der Waals surface area contributed by atoms with Crippen molar-refractivity contribution in [3.8, 4) is 11.4 Å². The average molecular weight is 367 g/mol. The lowest BCUT2D eigenvalue weighted by Gasteiger charge is -2.15. The van der Waals surface area contributed by atoms with Crippen LogP contribution in [0, 0.1) is 19.7 Å². The number of methoxy groups -OCH3 is 1. The van der Waals surface area contributed by atoms with Crippen molar-refractivity contribution >= 4 is 5.91 Å². The predicted molar refractivity (Wildman–Crippen MR) is 102 cm³/mol. The lowest BCUT2D eigenvalue weighted by atomic mass is 10.1. The second-order valence-electron chi connectivity index (χ2n) is 6.43. The van der Waals surface area contributed by atoms with Gasteiger partial charge in [0.15, 0.2) is 11.6 Å². The Morgan fingerprint density at radius 2 is 1.96 bits per heavy atom. The highest BCUT2D eigenvalue weighted by atomic mass is 19.1. The number of nitrogens with zero attached hydrogens (tertiary/aromatic N) is 2. The Hall–Kier alpha value is -3.15. The molecule has 5 nitrogen and oxygen atoms in total. The van der Waals surface area contributed by atoms with Crippen molar-refractivity contribution in [2.45, 2.75) is 26.8 Å². The number of carbonyl (C=O) groups excluding carboxylic acids is 1. The first kappa shape index (κ1) is 18.6. The maximum atomic E-state index is 13.8. The molecular formula is C21H22FN3O2. The van der Waals surface area contributed by atoms with E-state index in [0.717, 1.165) is 22.5 Å². The van der Waals surface area contributed by atoms with Gasteiger partial charge in [0.05, 0.1) is 25.0 Å². The lowest BCUT2D eigenvalue weighted by molar-refractivity contribution is 0.0939. The molecule has 3 rings (SSSR count). The summed E-state index contributed by atoms with van der Waals surface area (Å²) in [5.41, 5.74) is 4.19. The van der Waals surface area contributed by atoms with Gasteiger partial charge in [-0.2, -0.15) is 5.10 Å². The minimum atomic E-state index is -0.568. The fraction of sp³-hybridized carbons (Fsp3) is 0.238. The normalized spacial score (nSPS) is 11.9. The van der Waals surface area contributed by atoms with Gasteiger partial charge in [-0.1, -0.05) is 18.2 Å². The third kappa shape index (κ3) is 3.69. The van der Waals surface area contributed by atoms with E-state index in [1.165, 1.54) is 25.3 Å². The summed E-state index contributed by atoms with van der Waals surface area (Å²) in [6.07, 6.45) is 1.75. The van der Waals surface area contributed by atoms with E-state index >= 15 is 0 Å². The maximum Gasteiger partial charge on any atom is 0.251 e. The molecule has 0 aliphatic carbocycles. The fourth-order valence-corrected chi connectivity index (χ4v) is 3.06. The highest BCUT2D eigenvalue weighted by Gasteiger charge is 2.18. The highest BCUT2D eigenvalue weighted by molar-refractivity contribution is 5.94. The summed E-state index contributed by atoms with van der Waals surface area (Å²) in [6.45, 7) is 5.87. The van der Waals surface area contributed by atoms with Gasteiger partial charge in [0.2, 0.25) is 0 Å². The number of rotatable bonds is 5. The van der Waals surface area contributed by atoms with Crippen LogP contribution in [0.25, 0.3) is 5.69 Å². The van der Waals surface area contributed by atoms with Crippen LogP contribution in [0.3, 0.4) is 0 Å². The minimum Gasteiger partial charge on any atom is -0.494 e. The van der Waals surface area contributed by atoms with Gasteiger partial charge in [0.1, 0.15) is 0 Å². The molecule has 0 aliphatic heterocycles. The zero-order valence-electron chi connectivity index (χ0n) is 15.8. The number of hydrogen-bond donors (Lipinski definition) is 1. The molecular weight excluding hydrogens is 345 g/mol. The molecule has 2 aromatic carbocycles. The summed E-state index contributed by atoms with van der Waals surface area (Å²) in [5, 5.41) is 7.37. The van der Waals surface area contributed by atoms with Crippen LogP contribution in [0.5, 0.6) is 5.75 Å². The molecule has 0 radical (unpaired) electrons. The number of carbonyl (C=O) groups is 1. The van der Waals surface area contributed by atoms with E-state index in [4.69, 9.17) is 4.74 Å². The molecule has 0 saturated carbocycles. The topological polar surface area (TPSA) is 56.1 Å². The number of aryl methyl sites for hydroxylation is 1. The molecule has 1 amide bonds. The molecule has 0 fully saturated rings. The van der Waals surface area contributed by atoms with Crippen molar-refractivity contribution < 1.29 is 13.9 Å². The van der Waals surface area contributed by atoms with Crippen LogP contribution in [0.15, 0.2) is 48.7 Å². The van der Waals surface area contributed by atoms with Crippen LogP contribution in [0.1, 0.15) is 40.1 Å². The molecule has 0 spiro atoms. The van der Waals surface area contributed by atoms with E-state index in [9.17, 15) is 9.18 Å². The SMILES string of the molecule is COc1ccc(C(=O)N[C@@H](C)c2cnn(-c3ccccc3C)c2C)cc1F. The molecule has 1 aromatic heterocycles. The zero-order chi connectivity index (χ0) is 19.6. The molecule has 0 unspecified atom stereocenters. The van der Waals surface area contributed by atoms with Crippen LogP contribution in [0.2, 0.25) is 0 Å². The van der Waals surface area contributed by atoms with E-state index in [1.807, 2.05) is 49.7 Å². The van der Waals surface area contributed by atoms with Crippen LogP contribution in [0.4, 0.5) is 4.39 Å². The number of amides is 1. The summed E-state index contributed by atoms with van der Waals surface area (Å²) in [4.78, 5) is 12.5. The molecule has 0 aliphatic rings. The van der Waals surface area contributed by atoms with Gasteiger partial charge in [0.25, 0.3) is 5.91 Å². The molecule has 1 heterocycles. The number of aromatic nitrogens is 2. The van der Waals surface area contributed by atoms with Gasteiger partial charge in [-0.3, -0.25) is 4.79 Å². The quantitative estimate of drug-likeness (QED) is 0.738. The Kier molecular flexibility index (Phi) is 5.26. The Morgan fingerprint density at radius 3 is 2.63 bits per heavy atom. The number of halogens is 1. The molecule has 140 valence electrons. The number of para-hydroxylation sites is 1. The van der Waals surface area contributed by atoms with Crippen molar-refractivity contribution in [2.75, 3.05) is 7.11 Å². The van der Waals surface area contributed by atoms with Crippen molar-refractivity contribution in [3.05, 3.63) is 76.9 Å². The van der Waals surface area contributed by atoms with Crippen LogP contribution in [-0.4, -0.2) is 22.8 Å². The van der Waals surface area contributed by atoms with Crippen LogP contribution in [-0.2, 0) is 0 Å². The van der Waals surface area contributed by atoms with E-state index < -0.39 is 5.82 Å². The molecule has 0 bridgehead atoms. The maximum absolute atomic E-state index is 13.8. The van der Waals surface area contributed by atoms with E-state index in [2.05, 4.69) is 10.4 Å². The molecule has 3 aromatic rings. The van der Waals surface area contributed by atoms with E-state index in [1.54, 1.807) is 6.20 Å². The fourth-order valence-electron chi connectivity index (χ4n) is 3.06. The Bertz CT molecular complexity index is 981. The van der Waals surface area contributed by atoms with Crippen molar-refractivity contribution in [3.63, 3.8) is 0 Å². The summed E-state index contributed by atoms with van der Waals surface area (Å²) in [5.74, 6) is -0.816. The Labute approximate surface area is 157 Å². The van der Waals surface area contributed by atoms with Crippen LogP contribution >= 0.6 is 0 Å². The van der Waals surface area contributed by atoms with Gasteiger partial charge in [-0.25, -0.2) is 9.07 Å². The van der Waals surface area contributed by atoms with Crippen molar-refractivity contribution in [2.24, 2.45) is 0 Å². The first-order valence-corrected chi connectivity index (χ1v) is 8.67. The second kappa shape index (κ2) is 7.61. The first-order valence-electron chi connectivity index (χ1n) is 8.67. The third-order valence-electron chi connectivity index (χ3n) is 4.62. The van der Waals surface area contributed by atoms with Gasteiger partial charge in [-0.05, 0) is 50.6 Å². The summed E-state index contributed by atoms with van der Waals surface area (Å²) in [6, 6.07) is 11.8. The first-order chi connectivity index (χ1) is 12.9. The monoisotopic (exact) mass is 367 g/mol. The number of hydrogen-bond acceptors (Lipinski definition) is 3. The van der Waals surface area contributed by atoms with Crippen molar-refractivity contribution in [1.82, 2.24) is 15.1 Å². The average Bonchev–Trinajstić information content (AvgIpc) is 3.03. The molecule has 6 heteroatoms.